The van der Waals surface area contributed by atoms with Gasteiger partial charge in [0.05, 0.1) is 17.1 Å². The van der Waals surface area contributed by atoms with Crippen LogP contribution in [0.1, 0.15) is 25.0 Å². The number of hydrogen-bond acceptors (Lipinski definition) is 2. The molecule has 0 saturated carbocycles. The van der Waals surface area contributed by atoms with Crippen LogP contribution in [0.15, 0.2) is 192 Å². The third kappa shape index (κ3) is 4.94. The number of hydrogen-bond donors (Lipinski definition) is 0. The van der Waals surface area contributed by atoms with E-state index in [9.17, 15) is 0 Å². The van der Waals surface area contributed by atoms with Crippen LogP contribution >= 0.6 is 0 Å². The van der Waals surface area contributed by atoms with Gasteiger partial charge >= 0.3 is 0 Å². The number of para-hydroxylation sites is 2. The van der Waals surface area contributed by atoms with E-state index in [0.29, 0.717) is 0 Å². The van der Waals surface area contributed by atoms with E-state index in [1.807, 2.05) is 6.07 Å². The number of nitrogens with zero attached hydrogens (tertiary/aromatic N) is 1. The van der Waals surface area contributed by atoms with Gasteiger partial charge in [0.25, 0.3) is 0 Å². The molecule has 2 heteroatoms. The summed E-state index contributed by atoms with van der Waals surface area (Å²) < 4.78 is 6.43. The minimum absolute atomic E-state index is 0.145. The second kappa shape index (κ2) is 12.3. The van der Waals surface area contributed by atoms with Crippen molar-refractivity contribution in [3.63, 3.8) is 0 Å². The minimum atomic E-state index is -0.145. The largest absolute Gasteiger partial charge is 0.456 e. The summed E-state index contributed by atoms with van der Waals surface area (Å²) in [5.74, 6) is 0. The fourth-order valence-electron chi connectivity index (χ4n) is 8.60. The minimum Gasteiger partial charge on any atom is -0.456 e. The second-order valence-corrected chi connectivity index (χ2v) is 14.5. The van der Waals surface area contributed by atoms with Gasteiger partial charge in [-0.25, -0.2) is 0 Å². The van der Waals surface area contributed by atoms with Crippen molar-refractivity contribution in [2.24, 2.45) is 0 Å². The van der Waals surface area contributed by atoms with Gasteiger partial charge in [-0.3, -0.25) is 0 Å². The third-order valence-electron chi connectivity index (χ3n) is 11.1. The highest BCUT2D eigenvalue weighted by Crippen LogP contribution is 2.56. The number of anilines is 3. The van der Waals surface area contributed by atoms with Crippen molar-refractivity contribution in [1.82, 2.24) is 0 Å². The van der Waals surface area contributed by atoms with E-state index < -0.39 is 0 Å². The van der Waals surface area contributed by atoms with Crippen LogP contribution in [0.4, 0.5) is 17.1 Å². The first-order valence-electron chi connectivity index (χ1n) is 18.4. The molecule has 8 aromatic carbocycles. The first kappa shape index (κ1) is 31.1. The number of rotatable bonds is 6. The van der Waals surface area contributed by atoms with Crippen molar-refractivity contribution in [3.8, 4) is 44.5 Å². The molecular formula is C51H37NO. The Morgan fingerprint density at radius 1 is 0.396 bits per heavy atom. The molecule has 0 radical (unpaired) electrons. The highest BCUT2D eigenvalue weighted by Gasteiger charge is 2.38. The predicted octanol–water partition coefficient (Wildman–Crippen LogP) is 14.4. The standard InChI is InChI=1S/C51H37NO/c1-51(2)42-25-12-9-22-39(42)50-43(51)26-16-28-46(50)52(45-32-31-36(34-17-5-3-6-18-34)33-41(45)35-19-7-4-8-20-35)44-27-13-10-21-37(44)38-24-15-30-48-49(38)40-23-11-14-29-47(40)53-48/h3-33H,1-2H3. The molecule has 0 bridgehead atoms. The highest BCUT2D eigenvalue weighted by atomic mass is 16.3. The molecule has 252 valence electrons. The molecular weight excluding hydrogens is 643 g/mol. The van der Waals surface area contributed by atoms with Crippen LogP contribution in [0, 0.1) is 0 Å². The third-order valence-corrected chi connectivity index (χ3v) is 11.1. The fourth-order valence-corrected chi connectivity index (χ4v) is 8.60. The van der Waals surface area contributed by atoms with Crippen molar-refractivity contribution in [1.29, 1.82) is 0 Å². The van der Waals surface area contributed by atoms with Crippen molar-refractivity contribution in [2.45, 2.75) is 19.3 Å². The molecule has 0 amide bonds. The van der Waals surface area contributed by atoms with Crippen LogP contribution in [0.25, 0.3) is 66.4 Å². The Bertz CT molecular complexity index is 2810. The maximum Gasteiger partial charge on any atom is 0.136 e. The zero-order valence-electron chi connectivity index (χ0n) is 29.8. The average Bonchev–Trinajstić information content (AvgIpc) is 3.71. The molecule has 0 aliphatic heterocycles. The van der Waals surface area contributed by atoms with E-state index >= 15 is 0 Å². The molecule has 1 aromatic heterocycles. The smallest absolute Gasteiger partial charge is 0.136 e. The van der Waals surface area contributed by atoms with Gasteiger partial charge in [-0.2, -0.15) is 0 Å². The van der Waals surface area contributed by atoms with Gasteiger partial charge in [-0.1, -0.05) is 166 Å². The average molecular weight is 680 g/mol. The van der Waals surface area contributed by atoms with Crippen LogP contribution in [0.3, 0.4) is 0 Å². The van der Waals surface area contributed by atoms with Crippen molar-refractivity contribution in [2.75, 3.05) is 4.90 Å². The Hall–Kier alpha value is -6.64. The lowest BCUT2D eigenvalue weighted by atomic mass is 9.82. The van der Waals surface area contributed by atoms with Crippen LogP contribution < -0.4 is 4.90 Å². The lowest BCUT2D eigenvalue weighted by molar-refractivity contribution is 0.660. The normalized spacial score (nSPS) is 12.9. The molecule has 0 fully saturated rings. The Kier molecular flexibility index (Phi) is 7.19. The Morgan fingerprint density at radius 3 is 1.81 bits per heavy atom. The predicted molar refractivity (Wildman–Crippen MR) is 222 cm³/mol. The van der Waals surface area contributed by atoms with Crippen LogP contribution in [0.2, 0.25) is 0 Å². The zero-order valence-corrected chi connectivity index (χ0v) is 29.8. The van der Waals surface area contributed by atoms with Gasteiger partial charge in [0.15, 0.2) is 0 Å². The topological polar surface area (TPSA) is 16.4 Å². The summed E-state index contributed by atoms with van der Waals surface area (Å²) in [6.07, 6.45) is 0. The Labute approximate surface area is 310 Å². The maximum absolute atomic E-state index is 6.43. The summed E-state index contributed by atoms with van der Waals surface area (Å²) in [5, 5.41) is 2.25. The van der Waals surface area contributed by atoms with Gasteiger partial charge in [-0.05, 0) is 75.3 Å². The summed E-state index contributed by atoms with van der Waals surface area (Å²) in [6, 6.07) is 67.9. The van der Waals surface area contributed by atoms with E-state index in [2.05, 4.69) is 201 Å². The van der Waals surface area contributed by atoms with Gasteiger partial charge < -0.3 is 9.32 Å². The van der Waals surface area contributed by atoms with Crippen LogP contribution in [-0.2, 0) is 5.41 Å². The lowest BCUT2D eigenvalue weighted by Crippen LogP contribution is -2.16. The molecule has 9 aromatic rings. The molecule has 10 rings (SSSR count). The summed E-state index contributed by atoms with van der Waals surface area (Å²) in [5.41, 5.74) is 17.2. The Balaban J connectivity index is 1.31. The summed E-state index contributed by atoms with van der Waals surface area (Å²) in [6.45, 7) is 4.71. The molecule has 0 spiro atoms. The van der Waals surface area contributed by atoms with Gasteiger partial charge in [0.1, 0.15) is 11.2 Å². The van der Waals surface area contributed by atoms with E-state index in [1.54, 1.807) is 0 Å². The zero-order chi connectivity index (χ0) is 35.5. The van der Waals surface area contributed by atoms with E-state index in [-0.39, 0.29) is 5.41 Å². The van der Waals surface area contributed by atoms with Gasteiger partial charge in [-0.15, -0.1) is 0 Å². The van der Waals surface area contributed by atoms with Crippen LogP contribution in [-0.4, -0.2) is 0 Å². The quantitative estimate of drug-likeness (QED) is 0.174. The molecule has 1 aliphatic rings. The van der Waals surface area contributed by atoms with E-state index in [0.717, 1.165) is 55.7 Å². The monoisotopic (exact) mass is 679 g/mol. The van der Waals surface area contributed by atoms with Crippen LogP contribution in [0.5, 0.6) is 0 Å². The van der Waals surface area contributed by atoms with Crippen molar-refractivity contribution in [3.05, 3.63) is 199 Å². The molecule has 53 heavy (non-hydrogen) atoms. The maximum atomic E-state index is 6.43. The molecule has 1 heterocycles. The van der Waals surface area contributed by atoms with E-state index in [1.165, 1.54) is 38.9 Å². The molecule has 0 unspecified atom stereocenters. The highest BCUT2D eigenvalue weighted by molar-refractivity contribution is 6.14. The fraction of sp³-hybridized carbons (Fsp3) is 0.0588. The molecule has 0 saturated heterocycles. The second-order valence-electron chi connectivity index (χ2n) is 14.5. The summed E-state index contributed by atoms with van der Waals surface area (Å²) in [4.78, 5) is 2.52. The number of furan rings is 1. The number of fused-ring (bicyclic) bond motifs is 6. The molecule has 0 atom stereocenters. The van der Waals surface area contributed by atoms with Gasteiger partial charge in [0, 0.05) is 32.9 Å². The van der Waals surface area contributed by atoms with E-state index in [4.69, 9.17) is 4.42 Å². The molecule has 2 nitrogen and oxygen atoms in total. The van der Waals surface area contributed by atoms with Crippen molar-refractivity contribution >= 4 is 39.0 Å². The first-order valence-corrected chi connectivity index (χ1v) is 18.4. The summed E-state index contributed by atoms with van der Waals surface area (Å²) >= 11 is 0. The van der Waals surface area contributed by atoms with Crippen molar-refractivity contribution < 1.29 is 4.42 Å². The number of benzene rings is 8. The summed E-state index contributed by atoms with van der Waals surface area (Å²) in [7, 11) is 0. The Morgan fingerprint density at radius 2 is 0.981 bits per heavy atom. The molecule has 0 N–H and O–H groups in total. The first-order chi connectivity index (χ1) is 26.1. The molecule has 1 aliphatic carbocycles. The lowest BCUT2D eigenvalue weighted by Gasteiger charge is -2.32. The van der Waals surface area contributed by atoms with Gasteiger partial charge in [0.2, 0.25) is 0 Å². The SMILES string of the molecule is CC1(C)c2ccccc2-c2c(N(c3ccc(-c4ccccc4)cc3-c3ccccc3)c3ccccc3-c3cccc4oc5ccccc5c34)cccc21.